The summed E-state index contributed by atoms with van der Waals surface area (Å²) in [7, 11) is 0. The number of pyridine rings is 2. The third-order valence-corrected chi connectivity index (χ3v) is 4.40. The van der Waals surface area contributed by atoms with Crippen LogP contribution in [0.3, 0.4) is 0 Å². The van der Waals surface area contributed by atoms with Crippen molar-refractivity contribution in [1.82, 2.24) is 9.72 Å². The Morgan fingerprint density at radius 1 is 1.04 bits per heavy atom. The number of amides is 1. The lowest BCUT2D eigenvalue weighted by atomic mass is 10.1. The third kappa shape index (κ3) is 4.12. The van der Waals surface area contributed by atoms with Crippen LogP contribution in [0.15, 0.2) is 59.5 Å². The van der Waals surface area contributed by atoms with Crippen molar-refractivity contribution < 1.29 is 9.90 Å². The van der Waals surface area contributed by atoms with E-state index < -0.39 is 5.91 Å². The van der Waals surface area contributed by atoms with Gasteiger partial charge in [0.15, 0.2) is 0 Å². The van der Waals surface area contributed by atoms with Crippen LogP contribution in [0.5, 0.6) is 0 Å². The Bertz CT molecular complexity index is 981. The zero-order valence-corrected chi connectivity index (χ0v) is 14.9. The number of hydrogen-bond acceptors (Lipinski definition) is 3. The van der Waals surface area contributed by atoms with Gasteiger partial charge in [0.05, 0.1) is 0 Å². The van der Waals surface area contributed by atoms with Gasteiger partial charge in [-0.2, -0.15) is 0 Å². The minimum Gasteiger partial charge on any atom is -0.396 e. The number of rotatable bonds is 6. The van der Waals surface area contributed by atoms with Gasteiger partial charge >= 0.3 is 0 Å². The molecule has 0 aliphatic rings. The molecular formula is C20H19ClN2O3. The van der Waals surface area contributed by atoms with E-state index in [0.29, 0.717) is 24.4 Å². The highest BCUT2D eigenvalue weighted by Crippen LogP contribution is 2.10. The second-order valence-electron chi connectivity index (χ2n) is 6.02. The Hall–Kier alpha value is -2.63. The lowest BCUT2D eigenvalue weighted by Gasteiger charge is -2.08. The number of aromatic nitrogens is 1. The van der Waals surface area contributed by atoms with Gasteiger partial charge in [-0.3, -0.25) is 14.0 Å². The smallest absolute Gasteiger partial charge is 0.267 e. The first-order valence-corrected chi connectivity index (χ1v) is 8.74. The highest BCUT2D eigenvalue weighted by molar-refractivity contribution is 6.30. The van der Waals surface area contributed by atoms with Gasteiger partial charge in [-0.1, -0.05) is 29.8 Å². The summed E-state index contributed by atoms with van der Waals surface area (Å²) in [5.41, 5.74) is 2.29. The van der Waals surface area contributed by atoms with Crippen LogP contribution >= 0.6 is 11.6 Å². The van der Waals surface area contributed by atoms with Crippen LogP contribution in [-0.2, 0) is 13.0 Å². The molecule has 0 bridgehead atoms. The molecule has 0 saturated heterocycles. The molecule has 0 radical (unpaired) electrons. The van der Waals surface area contributed by atoms with E-state index in [-0.39, 0.29) is 17.7 Å². The molecule has 2 heterocycles. The zero-order chi connectivity index (χ0) is 18.5. The van der Waals surface area contributed by atoms with E-state index in [1.807, 2.05) is 24.3 Å². The van der Waals surface area contributed by atoms with Crippen molar-refractivity contribution in [1.29, 1.82) is 0 Å². The molecule has 2 N–H and O–H groups in total. The van der Waals surface area contributed by atoms with E-state index in [9.17, 15) is 9.59 Å². The first-order chi connectivity index (χ1) is 12.6. The van der Waals surface area contributed by atoms with Crippen molar-refractivity contribution in [2.45, 2.75) is 19.4 Å². The average molecular weight is 371 g/mol. The number of aryl methyl sites for hydroxylation is 1. The fourth-order valence-electron chi connectivity index (χ4n) is 2.72. The van der Waals surface area contributed by atoms with Crippen LogP contribution < -0.4 is 10.9 Å². The van der Waals surface area contributed by atoms with Crippen molar-refractivity contribution in [3.63, 3.8) is 0 Å². The predicted octanol–water partition coefficient (Wildman–Crippen LogP) is 2.81. The SMILES string of the molecule is O=C(NCc1ccc(Cl)cc1)c1ccc2ccc(CCCO)cn2c1=O. The summed E-state index contributed by atoms with van der Waals surface area (Å²) in [6.07, 6.45) is 3.02. The average Bonchev–Trinajstić information content (AvgIpc) is 2.66. The van der Waals surface area contributed by atoms with Gasteiger partial charge in [0.1, 0.15) is 5.56 Å². The molecular weight excluding hydrogens is 352 g/mol. The number of fused-ring (bicyclic) bond motifs is 1. The Labute approximate surface area is 155 Å². The van der Waals surface area contributed by atoms with Gasteiger partial charge in [0, 0.05) is 29.9 Å². The number of nitrogens with one attached hydrogen (secondary N) is 1. The molecule has 0 spiro atoms. The van der Waals surface area contributed by atoms with Crippen molar-refractivity contribution >= 4 is 23.0 Å². The number of nitrogens with zero attached hydrogens (tertiary/aromatic N) is 1. The summed E-state index contributed by atoms with van der Waals surface area (Å²) in [6.45, 7) is 0.411. The van der Waals surface area contributed by atoms with Gasteiger partial charge in [0.25, 0.3) is 11.5 Å². The van der Waals surface area contributed by atoms with Crippen LogP contribution in [0.4, 0.5) is 0 Å². The fraction of sp³-hybridized carbons (Fsp3) is 0.200. The van der Waals surface area contributed by atoms with Crippen molar-refractivity contribution in [3.05, 3.63) is 86.8 Å². The Balaban J connectivity index is 1.82. The topological polar surface area (TPSA) is 70.8 Å². The molecule has 26 heavy (non-hydrogen) atoms. The summed E-state index contributed by atoms with van der Waals surface area (Å²) in [6, 6.07) is 14.2. The van der Waals surface area contributed by atoms with Crippen LogP contribution in [0.1, 0.15) is 27.9 Å². The Kier molecular flexibility index (Phi) is 5.71. The molecule has 0 fully saturated rings. The second-order valence-corrected chi connectivity index (χ2v) is 6.46. The molecule has 3 rings (SSSR count). The van der Waals surface area contributed by atoms with Crippen LogP contribution in [-0.4, -0.2) is 22.0 Å². The molecule has 6 heteroatoms. The molecule has 0 unspecified atom stereocenters. The van der Waals surface area contributed by atoms with Gasteiger partial charge in [-0.25, -0.2) is 0 Å². The standard InChI is InChI=1S/C20H19ClN2O3/c21-16-6-3-14(4-7-16)12-22-19(25)18-10-9-17-8-5-15(2-1-11-24)13-23(17)20(18)26/h3-10,13,24H,1-2,11-12H2,(H,22,25). The molecule has 0 atom stereocenters. The number of carbonyl (C=O) groups excluding carboxylic acids is 1. The quantitative estimate of drug-likeness (QED) is 0.701. The van der Waals surface area contributed by atoms with Gasteiger partial charge in [0.2, 0.25) is 0 Å². The molecule has 134 valence electrons. The normalized spacial score (nSPS) is 10.8. The molecule has 0 aliphatic carbocycles. The molecule has 1 aromatic carbocycles. The minimum absolute atomic E-state index is 0.0933. The summed E-state index contributed by atoms with van der Waals surface area (Å²) in [5, 5.41) is 12.3. The summed E-state index contributed by atoms with van der Waals surface area (Å²) >= 11 is 5.85. The Morgan fingerprint density at radius 3 is 2.46 bits per heavy atom. The van der Waals surface area contributed by atoms with Crippen LogP contribution in [0.2, 0.25) is 5.02 Å². The maximum atomic E-state index is 12.7. The number of aliphatic hydroxyl groups excluding tert-OH is 1. The van der Waals surface area contributed by atoms with Gasteiger partial charge in [-0.15, -0.1) is 0 Å². The van der Waals surface area contributed by atoms with E-state index in [1.54, 1.807) is 30.5 Å². The lowest BCUT2D eigenvalue weighted by Crippen LogP contribution is -2.30. The first-order valence-electron chi connectivity index (χ1n) is 8.36. The van der Waals surface area contributed by atoms with E-state index in [4.69, 9.17) is 16.7 Å². The maximum Gasteiger partial charge on any atom is 0.267 e. The van der Waals surface area contributed by atoms with E-state index >= 15 is 0 Å². The highest BCUT2D eigenvalue weighted by Gasteiger charge is 2.12. The third-order valence-electron chi connectivity index (χ3n) is 4.15. The number of carbonyl (C=O) groups is 1. The van der Waals surface area contributed by atoms with E-state index in [0.717, 1.165) is 16.6 Å². The number of aliphatic hydroxyl groups is 1. The molecule has 0 saturated carbocycles. The first kappa shape index (κ1) is 18.2. The zero-order valence-electron chi connectivity index (χ0n) is 14.1. The maximum absolute atomic E-state index is 12.7. The fourth-order valence-corrected chi connectivity index (χ4v) is 2.85. The van der Waals surface area contributed by atoms with Gasteiger partial charge < -0.3 is 10.4 Å². The van der Waals surface area contributed by atoms with E-state index in [1.165, 1.54) is 4.40 Å². The number of benzene rings is 1. The van der Waals surface area contributed by atoms with Crippen molar-refractivity contribution in [2.24, 2.45) is 0 Å². The Morgan fingerprint density at radius 2 is 1.73 bits per heavy atom. The summed E-state index contributed by atoms with van der Waals surface area (Å²) in [5.74, 6) is -0.417. The van der Waals surface area contributed by atoms with Crippen molar-refractivity contribution in [2.75, 3.05) is 6.61 Å². The highest BCUT2D eigenvalue weighted by atomic mass is 35.5. The summed E-state index contributed by atoms with van der Waals surface area (Å²) < 4.78 is 1.48. The number of halogens is 1. The van der Waals surface area contributed by atoms with Gasteiger partial charge in [-0.05, 0) is 54.3 Å². The summed E-state index contributed by atoms with van der Waals surface area (Å²) in [4.78, 5) is 25.1. The monoisotopic (exact) mass is 370 g/mol. The van der Waals surface area contributed by atoms with E-state index in [2.05, 4.69) is 5.32 Å². The molecule has 3 aromatic rings. The number of hydrogen-bond donors (Lipinski definition) is 2. The van der Waals surface area contributed by atoms with Crippen LogP contribution in [0.25, 0.3) is 5.52 Å². The predicted molar refractivity (Wildman–Crippen MR) is 102 cm³/mol. The molecule has 0 aliphatic heterocycles. The molecule has 1 amide bonds. The van der Waals surface area contributed by atoms with Crippen LogP contribution in [0, 0.1) is 0 Å². The lowest BCUT2D eigenvalue weighted by molar-refractivity contribution is 0.0949. The second kappa shape index (κ2) is 8.17. The van der Waals surface area contributed by atoms with Crippen molar-refractivity contribution in [3.8, 4) is 0 Å². The largest absolute Gasteiger partial charge is 0.396 e. The molecule has 2 aromatic heterocycles. The molecule has 5 nitrogen and oxygen atoms in total. The minimum atomic E-state index is -0.417.